The molecule has 0 saturated carbocycles. The first kappa shape index (κ1) is 14.1. The van der Waals surface area contributed by atoms with Gasteiger partial charge in [0.1, 0.15) is 0 Å². The van der Waals surface area contributed by atoms with E-state index in [9.17, 15) is 4.79 Å². The van der Waals surface area contributed by atoms with Gasteiger partial charge in [-0.2, -0.15) is 0 Å². The number of nitrogens with one attached hydrogen (secondary N) is 1. The molecule has 0 radical (unpaired) electrons. The van der Waals surface area contributed by atoms with Crippen molar-refractivity contribution in [3.05, 3.63) is 21.4 Å². The van der Waals surface area contributed by atoms with E-state index >= 15 is 0 Å². The molecule has 1 aromatic rings. The second-order valence-corrected chi connectivity index (χ2v) is 7.70. The van der Waals surface area contributed by atoms with Crippen molar-refractivity contribution in [1.82, 2.24) is 10.2 Å². The van der Waals surface area contributed by atoms with E-state index in [1.165, 1.54) is 29.7 Å². The first-order valence-corrected chi connectivity index (χ1v) is 8.54. The highest BCUT2D eigenvalue weighted by Gasteiger charge is 2.34. The van der Waals surface area contributed by atoms with Crippen LogP contribution < -0.4 is 5.32 Å². The van der Waals surface area contributed by atoms with Crippen LogP contribution in [0.15, 0.2) is 6.07 Å². The molecule has 1 fully saturated rings. The van der Waals surface area contributed by atoms with Crippen molar-refractivity contribution in [1.29, 1.82) is 0 Å². The quantitative estimate of drug-likeness (QED) is 0.807. The summed E-state index contributed by atoms with van der Waals surface area (Å²) in [4.78, 5) is 17.3. The lowest BCUT2D eigenvalue weighted by Gasteiger charge is -2.42. The Labute approximate surface area is 125 Å². The normalized spacial score (nSPS) is 22.2. The topological polar surface area (TPSA) is 32.3 Å². The molecule has 1 saturated heterocycles. The Kier molecular flexibility index (Phi) is 3.87. The minimum absolute atomic E-state index is 0.0866. The summed E-state index contributed by atoms with van der Waals surface area (Å²) in [5.74, 6) is 0.231. The predicted molar refractivity (Wildman–Crippen MR) is 83.6 cm³/mol. The van der Waals surface area contributed by atoms with Gasteiger partial charge in [0.25, 0.3) is 5.91 Å². The molecule has 20 heavy (non-hydrogen) atoms. The van der Waals surface area contributed by atoms with Crippen LogP contribution in [0.5, 0.6) is 0 Å². The lowest BCUT2D eigenvalue weighted by molar-refractivity contribution is 0.0482. The zero-order valence-electron chi connectivity index (χ0n) is 12.5. The molecular formula is C16H24N2OS. The highest BCUT2D eigenvalue weighted by molar-refractivity contribution is 7.14. The van der Waals surface area contributed by atoms with Gasteiger partial charge in [0.05, 0.1) is 10.4 Å². The van der Waals surface area contributed by atoms with Crippen LogP contribution in [0.2, 0.25) is 0 Å². The van der Waals surface area contributed by atoms with Gasteiger partial charge < -0.3 is 10.2 Å². The summed E-state index contributed by atoms with van der Waals surface area (Å²) in [6, 6.07) is 2.17. The molecule has 3 rings (SSSR count). The Morgan fingerprint density at radius 1 is 1.30 bits per heavy atom. The minimum atomic E-state index is -0.0866. The lowest BCUT2D eigenvalue weighted by atomic mass is 10.00. The number of aryl methyl sites for hydroxylation is 2. The van der Waals surface area contributed by atoms with Crippen LogP contribution in [0.4, 0.5) is 0 Å². The SMILES string of the molecule is CC1(C)CNCCN1C(=O)c1cc2c(s1)CCCCC2. The summed E-state index contributed by atoms with van der Waals surface area (Å²) < 4.78 is 0. The van der Waals surface area contributed by atoms with E-state index in [1.54, 1.807) is 11.3 Å². The summed E-state index contributed by atoms with van der Waals surface area (Å²) in [6.07, 6.45) is 6.20. The molecule has 0 bridgehead atoms. The Morgan fingerprint density at radius 2 is 2.10 bits per heavy atom. The molecule has 0 aromatic carbocycles. The predicted octanol–water partition coefficient (Wildman–Crippen LogP) is 2.84. The third kappa shape index (κ3) is 2.63. The summed E-state index contributed by atoms with van der Waals surface area (Å²) >= 11 is 1.74. The van der Waals surface area contributed by atoms with Crippen LogP contribution in [0.3, 0.4) is 0 Å². The van der Waals surface area contributed by atoms with E-state index in [0.717, 1.165) is 37.4 Å². The van der Waals surface area contributed by atoms with Gasteiger partial charge in [-0.25, -0.2) is 0 Å². The molecular weight excluding hydrogens is 268 g/mol. The summed E-state index contributed by atoms with van der Waals surface area (Å²) in [7, 11) is 0. The van der Waals surface area contributed by atoms with Crippen molar-refractivity contribution in [2.45, 2.75) is 51.5 Å². The van der Waals surface area contributed by atoms with Gasteiger partial charge in [0.2, 0.25) is 0 Å². The lowest BCUT2D eigenvalue weighted by Crippen LogP contribution is -2.59. The number of nitrogens with zero attached hydrogens (tertiary/aromatic N) is 1. The first-order chi connectivity index (χ1) is 9.58. The molecule has 1 aliphatic heterocycles. The molecule has 0 atom stereocenters. The average Bonchev–Trinajstić information content (AvgIpc) is 2.69. The fourth-order valence-corrected chi connectivity index (χ4v) is 4.47. The van der Waals surface area contributed by atoms with E-state index < -0.39 is 0 Å². The van der Waals surface area contributed by atoms with Gasteiger partial charge in [-0.05, 0) is 51.2 Å². The van der Waals surface area contributed by atoms with E-state index in [-0.39, 0.29) is 11.4 Å². The van der Waals surface area contributed by atoms with Crippen LogP contribution in [0.1, 0.15) is 53.2 Å². The van der Waals surface area contributed by atoms with Crippen molar-refractivity contribution in [2.24, 2.45) is 0 Å². The summed E-state index contributed by atoms with van der Waals surface area (Å²) in [5.41, 5.74) is 1.35. The van der Waals surface area contributed by atoms with Crippen LogP contribution in [0, 0.1) is 0 Å². The molecule has 1 amide bonds. The van der Waals surface area contributed by atoms with Gasteiger partial charge in [0, 0.05) is 24.5 Å². The van der Waals surface area contributed by atoms with Gasteiger partial charge in [-0.1, -0.05) is 6.42 Å². The molecule has 1 aromatic heterocycles. The maximum absolute atomic E-state index is 12.8. The second-order valence-electron chi connectivity index (χ2n) is 6.57. The third-order valence-corrected chi connectivity index (χ3v) is 5.73. The van der Waals surface area contributed by atoms with Crippen molar-refractivity contribution < 1.29 is 4.79 Å². The molecule has 2 heterocycles. The van der Waals surface area contributed by atoms with Gasteiger partial charge in [0.15, 0.2) is 0 Å². The number of carbonyl (C=O) groups is 1. The van der Waals surface area contributed by atoms with Crippen LogP contribution in [0.25, 0.3) is 0 Å². The zero-order valence-corrected chi connectivity index (χ0v) is 13.3. The molecule has 1 N–H and O–H groups in total. The van der Waals surface area contributed by atoms with Crippen LogP contribution >= 0.6 is 11.3 Å². The van der Waals surface area contributed by atoms with Crippen molar-refractivity contribution >= 4 is 17.2 Å². The Morgan fingerprint density at radius 3 is 2.90 bits per heavy atom. The zero-order chi connectivity index (χ0) is 14.2. The largest absolute Gasteiger partial charge is 0.330 e. The van der Waals surface area contributed by atoms with Gasteiger partial charge in [-0.15, -0.1) is 11.3 Å². The van der Waals surface area contributed by atoms with Crippen LogP contribution in [-0.2, 0) is 12.8 Å². The molecule has 110 valence electrons. The number of fused-ring (bicyclic) bond motifs is 1. The minimum Gasteiger partial charge on any atom is -0.330 e. The monoisotopic (exact) mass is 292 g/mol. The van der Waals surface area contributed by atoms with Crippen LogP contribution in [-0.4, -0.2) is 36.0 Å². The molecule has 0 unspecified atom stereocenters. The van der Waals surface area contributed by atoms with E-state index in [4.69, 9.17) is 0 Å². The highest BCUT2D eigenvalue weighted by Crippen LogP contribution is 2.31. The third-order valence-electron chi connectivity index (χ3n) is 4.50. The second kappa shape index (κ2) is 5.49. The number of hydrogen-bond donors (Lipinski definition) is 1. The van der Waals surface area contributed by atoms with Crippen molar-refractivity contribution in [2.75, 3.05) is 19.6 Å². The van der Waals surface area contributed by atoms with E-state index in [2.05, 4.69) is 30.1 Å². The number of hydrogen-bond acceptors (Lipinski definition) is 3. The van der Waals surface area contributed by atoms with Gasteiger partial charge in [-0.3, -0.25) is 4.79 Å². The van der Waals surface area contributed by atoms with E-state index in [1.807, 2.05) is 0 Å². The summed E-state index contributed by atoms with van der Waals surface area (Å²) in [5, 5.41) is 3.38. The smallest absolute Gasteiger partial charge is 0.264 e. The van der Waals surface area contributed by atoms with Gasteiger partial charge >= 0.3 is 0 Å². The number of carbonyl (C=O) groups excluding carboxylic acids is 1. The fourth-order valence-electron chi connectivity index (χ4n) is 3.27. The molecule has 0 spiro atoms. The van der Waals surface area contributed by atoms with E-state index in [0.29, 0.717) is 0 Å². The maximum Gasteiger partial charge on any atom is 0.264 e. The number of piperazine rings is 1. The maximum atomic E-state index is 12.8. The average molecular weight is 292 g/mol. The Balaban J connectivity index is 1.83. The Bertz CT molecular complexity index is 483. The fraction of sp³-hybridized carbons (Fsp3) is 0.688. The molecule has 1 aliphatic carbocycles. The van der Waals surface area contributed by atoms with Crippen molar-refractivity contribution in [3.8, 4) is 0 Å². The first-order valence-electron chi connectivity index (χ1n) is 7.72. The molecule has 2 aliphatic rings. The Hall–Kier alpha value is -0.870. The number of thiophene rings is 1. The highest BCUT2D eigenvalue weighted by atomic mass is 32.1. The molecule has 4 heteroatoms. The standard InChI is InChI=1S/C16H24N2OS/c1-16(2)11-17-8-9-18(16)15(19)14-10-12-6-4-3-5-7-13(12)20-14/h10,17H,3-9,11H2,1-2H3. The molecule has 3 nitrogen and oxygen atoms in total. The summed E-state index contributed by atoms with van der Waals surface area (Å²) in [6.45, 7) is 6.89. The number of rotatable bonds is 1. The van der Waals surface area contributed by atoms with Crippen molar-refractivity contribution in [3.63, 3.8) is 0 Å². The number of amides is 1.